The van der Waals surface area contributed by atoms with Crippen LogP contribution in [0.1, 0.15) is 181 Å². The first-order valence-corrected chi connectivity index (χ1v) is 54.1. The van der Waals surface area contributed by atoms with Gasteiger partial charge in [-0.2, -0.15) is 0 Å². The van der Waals surface area contributed by atoms with E-state index in [-0.39, 0.29) is 148 Å². The summed E-state index contributed by atoms with van der Waals surface area (Å²) in [7, 11) is 31.8. The number of hydrogen-bond donors (Lipinski definition) is 2. The number of alkyl halides is 10. The van der Waals surface area contributed by atoms with Gasteiger partial charge in [-0.3, -0.25) is 87.2 Å². The van der Waals surface area contributed by atoms with Crippen LogP contribution in [0.3, 0.4) is 0 Å². The molecule has 1 unspecified atom stereocenters. The Morgan fingerprint density at radius 1 is 0.370 bits per heavy atom. The molecule has 2 N–H and O–H groups in total. The zero-order valence-electron chi connectivity index (χ0n) is 90.3. The van der Waals surface area contributed by atoms with Gasteiger partial charge in [-0.15, -0.1) is 11.8 Å². The van der Waals surface area contributed by atoms with E-state index in [0.29, 0.717) is 24.7 Å². The van der Waals surface area contributed by atoms with Gasteiger partial charge in [0.25, 0.3) is 41.4 Å². The van der Waals surface area contributed by atoms with Gasteiger partial charge in [0.2, 0.25) is 17.7 Å². The Morgan fingerprint density at radius 3 is 0.952 bits per heavy atom. The van der Waals surface area contributed by atoms with Crippen molar-refractivity contribution in [2.45, 2.75) is 307 Å². The number of likely N-dealkylation sites (N-methyl/N-ethyl adjacent to an activating group) is 4. The van der Waals surface area contributed by atoms with Crippen molar-refractivity contribution in [1.82, 2.24) is 104 Å². The molecular weight excluding hydrogens is 1940 g/mol. The number of nitrogens with zero attached hydrogens (tertiary/aromatic N) is 19. The van der Waals surface area contributed by atoms with Crippen LogP contribution in [0.4, 0.5) is 43.9 Å². The minimum absolute atomic E-state index is 0. The molecule has 17 aliphatic heterocycles. The predicted molar refractivity (Wildman–Crippen MR) is 543 cm³/mol. The Hall–Kier alpha value is -5.31. The number of nitrogens with one attached hydrogen (secondary N) is 2. The van der Waals surface area contributed by atoms with Gasteiger partial charge in [-0.1, -0.05) is 7.43 Å². The summed E-state index contributed by atoms with van der Waals surface area (Å²) < 4.78 is 152. The van der Waals surface area contributed by atoms with Gasteiger partial charge in [0.05, 0.1) is 98.0 Å². The van der Waals surface area contributed by atoms with E-state index in [1.165, 1.54) is 90.9 Å². The molecule has 17 heterocycles. The Labute approximate surface area is 867 Å². The third-order valence-corrected chi connectivity index (χ3v) is 34.5. The van der Waals surface area contributed by atoms with Crippen LogP contribution in [0.5, 0.6) is 0 Å². The van der Waals surface area contributed by atoms with Gasteiger partial charge < -0.3 is 68.5 Å². The highest BCUT2D eigenvalue weighted by molar-refractivity contribution is 7.99. The quantitative estimate of drug-likeness (QED) is 0.0655. The van der Waals surface area contributed by atoms with Crippen LogP contribution < -0.4 is 10.8 Å². The van der Waals surface area contributed by atoms with Crippen LogP contribution >= 0.6 is 11.8 Å². The molecular formula is C101H181F10N21O13S. The van der Waals surface area contributed by atoms with E-state index in [2.05, 4.69) is 90.7 Å². The van der Waals surface area contributed by atoms with Crippen LogP contribution in [0.25, 0.3) is 0 Å². The van der Waals surface area contributed by atoms with Crippen molar-refractivity contribution < 1.29 is 106 Å². The summed E-state index contributed by atoms with van der Waals surface area (Å²) in [6, 6.07) is -1.40. The highest BCUT2D eigenvalue weighted by atomic mass is 32.2. The van der Waals surface area contributed by atoms with Crippen molar-refractivity contribution in [3.05, 3.63) is 0 Å². The second-order valence-electron chi connectivity index (χ2n) is 44.6. The number of esters is 3. The van der Waals surface area contributed by atoms with E-state index in [1.54, 1.807) is 52.7 Å². The topological polar surface area (TPSA) is 268 Å². The van der Waals surface area contributed by atoms with Gasteiger partial charge in [0.15, 0.2) is 0 Å². The lowest BCUT2D eigenvalue weighted by Gasteiger charge is -2.42. The molecule has 8 atom stereocenters. The molecule has 17 rings (SSSR count). The smallest absolute Gasteiger partial charge is 0.326 e. The van der Waals surface area contributed by atoms with Crippen LogP contribution in [0.15, 0.2) is 0 Å². The van der Waals surface area contributed by atoms with Crippen LogP contribution in [0.2, 0.25) is 0 Å². The second kappa shape index (κ2) is 55.7. The normalized spacial score (nSPS) is 30.6. The molecule has 17 fully saturated rings. The number of halogens is 10. The maximum Gasteiger partial charge on any atom is 0.326 e. The third-order valence-electron chi connectivity index (χ3n) is 33.5. The fourth-order valence-corrected chi connectivity index (χ4v) is 26.0. The standard InChI is InChI=1S/C13H23F2N3O2.2C13H23F2N3O.C13H22N2O2.C13H24N2O2.C12H21F2N3O2.C12H21F2N3O.C11H20N2O2S.CH4/c1-16-6-4-10(5-7-16)18-9-13(14,15)8-11(18)12(19)17(2)20-3;2*1-16(2)12(19)11-8-13(14,15)9-18(11)10-4-6-17(3)7-5-10;1-14-8-3-11(4-9-14)15-7-2-5-13(15)6-10-17-12(13)16;1-13(12(16)17-3)7-4-8-15(13)11-5-9-14(2)10-6-11;1-16-5-3-9(4-6-16)17-8-12(13,14)7-10(17)11(18)15-19-2;1-15-11(18)10-7-12(13,14)8-17(10)9-3-5-16(2)6-4-9;1-12-5-3-9(4-6-12)13-8-16-7-10(13)11(14)15-2;/h10-11H,4-9H2,1-3H3;2*10-11H,4-9H2,1-3H3;11H,2-10H2,1H3;11H,4-10H2,1-3H3;9-10H,3-8H2,1-2H3,(H,15,18);9-10H,3-8H2,1-2H3,(H,15,18);9-10H,3-8H2,1-2H3;1H4/t3*11-;;13-;3*10-;/m110.1101./s1. The van der Waals surface area contributed by atoms with Crippen molar-refractivity contribution in [3.63, 3.8) is 0 Å². The Kier molecular flexibility index (Phi) is 47.3. The molecule has 0 saturated carbocycles. The van der Waals surface area contributed by atoms with Crippen molar-refractivity contribution in [3.8, 4) is 0 Å². The molecule has 5 amide bonds. The SMILES string of the molecule is C.CN1CCC(N2CC(F)(F)C[C@@H]2C(=O)N(C)C)CC1.CN1CCC(N2CC(F)(F)C[C@H]2C(=O)N(C)C)CC1.CN1CCC(N2CCCC23CCOC3=O)CC1.CNC(=O)[C@@H]1CC(F)(F)CN1C1CCN(C)CC1.COC(=O)[C@@]1(C)CCCN1C1CCN(C)CC1.COC(=O)[C@H]1CSCN1C1CCN(C)CC1.CON(C)C(=O)[C@H]1CC(F)(F)CN1C1CCN(C)CC1.CONC(=O)[C@H]1CC(F)(F)CN1C1CCN(C)CC1. The third kappa shape index (κ3) is 33.9. The lowest BCUT2D eigenvalue weighted by atomic mass is 9.91. The maximum atomic E-state index is 13.7. The minimum atomic E-state index is -2.79. The first-order valence-electron chi connectivity index (χ1n) is 53.0. The van der Waals surface area contributed by atoms with Crippen molar-refractivity contribution in [2.75, 3.05) is 296 Å². The van der Waals surface area contributed by atoms with Crippen LogP contribution in [-0.4, -0.2) is 562 Å². The number of hydroxylamine groups is 3. The van der Waals surface area contributed by atoms with E-state index in [9.17, 15) is 82.3 Å². The zero-order valence-corrected chi connectivity index (χ0v) is 91.2. The number of likely N-dealkylation sites (tertiary alicyclic amines) is 15. The molecule has 17 aliphatic rings. The molecule has 0 bridgehead atoms. The summed E-state index contributed by atoms with van der Waals surface area (Å²) in [6.07, 6.45) is 18.8. The summed E-state index contributed by atoms with van der Waals surface area (Å²) in [5, 5.41) is 3.55. The summed E-state index contributed by atoms with van der Waals surface area (Å²) in [5.74, 6) is -13.5. The summed E-state index contributed by atoms with van der Waals surface area (Å²) in [6.45, 7) is 19.2. The van der Waals surface area contributed by atoms with Crippen molar-refractivity contribution in [2.24, 2.45) is 0 Å². The summed E-state index contributed by atoms with van der Waals surface area (Å²) in [4.78, 5) is 142. The average molecular weight is 2120 g/mol. The Morgan fingerprint density at radius 2 is 0.658 bits per heavy atom. The summed E-state index contributed by atoms with van der Waals surface area (Å²) >= 11 is 1.84. The lowest BCUT2D eigenvalue weighted by Crippen LogP contribution is -2.55. The minimum Gasteiger partial charge on any atom is -0.468 e. The number of ether oxygens (including phenoxy) is 3. The number of methoxy groups -OCH3 is 2. The second-order valence-corrected chi connectivity index (χ2v) is 45.6. The molecule has 146 heavy (non-hydrogen) atoms. The lowest BCUT2D eigenvalue weighted by molar-refractivity contribution is -0.174. The molecule has 844 valence electrons. The van der Waals surface area contributed by atoms with Gasteiger partial charge in [0.1, 0.15) is 17.1 Å². The molecule has 0 radical (unpaired) electrons. The number of thioether (sulfide) groups is 1. The predicted octanol–water partition coefficient (Wildman–Crippen LogP) is 6.81. The van der Waals surface area contributed by atoms with Gasteiger partial charge >= 0.3 is 17.9 Å². The van der Waals surface area contributed by atoms with Gasteiger partial charge in [0, 0.05) is 141 Å². The monoisotopic (exact) mass is 2120 g/mol. The van der Waals surface area contributed by atoms with E-state index in [1.807, 2.05) is 53.9 Å². The van der Waals surface area contributed by atoms with E-state index in [0.717, 1.165) is 231 Å². The number of amides is 5. The highest BCUT2D eigenvalue weighted by Crippen LogP contribution is 2.45. The van der Waals surface area contributed by atoms with Crippen LogP contribution in [-0.2, 0) is 62.2 Å². The van der Waals surface area contributed by atoms with Gasteiger partial charge in [-0.05, 0) is 310 Å². The number of carbonyl (C=O) groups is 8. The highest BCUT2D eigenvalue weighted by Gasteiger charge is 2.59. The van der Waals surface area contributed by atoms with E-state index < -0.39 is 78.6 Å². The maximum absolute atomic E-state index is 13.7. The molecule has 34 nitrogen and oxygen atoms in total. The molecule has 0 aromatic carbocycles. The zero-order chi connectivity index (χ0) is 107. The first kappa shape index (κ1) is 124. The Bertz CT molecular complexity index is 3980. The molecule has 0 aromatic heterocycles. The first-order chi connectivity index (χ1) is 68.3. The van der Waals surface area contributed by atoms with E-state index in [4.69, 9.17) is 19.0 Å². The molecule has 0 aliphatic carbocycles. The largest absolute Gasteiger partial charge is 0.468 e. The van der Waals surface area contributed by atoms with E-state index >= 15 is 0 Å². The van der Waals surface area contributed by atoms with Crippen molar-refractivity contribution >= 4 is 59.2 Å². The molecule has 17 saturated heterocycles. The van der Waals surface area contributed by atoms with Crippen molar-refractivity contribution in [1.29, 1.82) is 0 Å². The number of hydrogen-bond acceptors (Lipinski definition) is 30. The van der Waals surface area contributed by atoms with Crippen LogP contribution in [0, 0.1) is 0 Å². The van der Waals surface area contributed by atoms with Gasteiger partial charge in [-0.25, -0.2) is 54.4 Å². The fraction of sp³-hybridized carbons (Fsp3) is 0.921. The average Bonchev–Trinajstić information content (AvgIpc) is 1.59. The number of cyclic esters (lactones) is 1. The Balaban J connectivity index is 0.000000186. The molecule has 0 aromatic rings. The molecule has 45 heteroatoms. The summed E-state index contributed by atoms with van der Waals surface area (Å²) in [5.41, 5.74) is 1.56. The number of rotatable bonds is 17. The number of carbonyl (C=O) groups excluding carboxylic acids is 8. The fourth-order valence-electron chi connectivity index (χ4n) is 24.7. The molecule has 1 spiro atoms. The number of piperidine rings is 8.